The number of rotatable bonds is 7. The van der Waals surface area contributed by atoms with Crippen LogP contribution >= 0.6 is 0 Å². The molecule has 1 N–H and O–H groups in total. The minimum Gasteiger partial charge on any atom is -0.460 e. The van der Waals surface area contributed by atoms with E-state index in [1.165, 1.54) is 4.68 Å². The van der Waals surface area contributed by atoms with Crippen LogP contribution in [0, 0.1) is 6.92 Å². The first-order chi connectivity index (χ1) is 16.2. The Morgan fingerprint density at radius 1 is 1.18 bits per heavy atom. The van der Waals surface area contributed by atoms with Gasteiger partial charge in [0, 0.05) is 12.4 Å². The fourth-order valence-electron chi connectivity index (χ4n) is 3.17. The monoisotopic (exact) mass is 468 g/mol. The molecule has 0 atom stereocenters. The largest absolute Gasteiger partial charge is 0.510 e. The zero-order chi connectivity index (χ0) is 24.3. The summed E-state index contributed by atoms with van der Waals surface area (Å²) < 4.78 is 18.5. The highest BCUT2D eigenvalue weighted by Crippen LogP contribution is 2.30. The van der Waals surface area contributed by atoms with Crippen LogP contribution in [0.3, 0.4) is 0 Å². The second kappa shape index (κ2) is 9.29. The lowest BCUT2D eigenvalue weighted by Gasteiger charge is -2.19. The van der Waals surface area contributed by atoms with Gasteiger partial charge in [0.1, 0.15) is 29.4 Å². The number of fused-ring (bicyclic) bond motifs is 1. The third kappa shape index (κ3) is 5.19. The van der Waals surface area contributed by atoms with Crippen molar-refractivity contribution in [3.63, 3.8) is 0 Å². The van der Waals surface area contributed by atoms with Gasteiger partial charge in [0.2, 0.25) is 5.78 Å². The van der Waals surface area contributed by atoms with Crippen LogP contribution in [0.1, 0.15) is 33.0 Å². The molecule has 4 heterocycles. The number of H-pyrrole nitrogens is 1. The van der Waals surface area contributed by atoms with Crippen LogP contribution in [0.25, 0.3) is 28.7 Å². The van der Waals surface area contributed by atoms with Gasteiger partial charge in [0.15, 0.2) is 12.6 Å². The number of esters is 1. The van der Waals surface area contributed by atoms with Crippen LogP contribution < -0.4 is 0 Å². The Bertz CT molecular complexity index is 1300. The zero-order valence-corrected chi connectivity index (χ0v) is 19.2. The van der Waals surface area contributed by atoms with E-state index in [1.807, 2.05) is 6.20 Å². The third-order valence-corrected chi connectivity index (χ3v) is 4.40. The van der Waals surface area contributed by atoms with Gasteiger partial charge >= 0.3 is 12.1 Å². The number of imidazole rings is 2. The van der Waals surface area contributed by atoms with Crippen LogP contribution in [0.5, 0.6) is 0 Å². The SMILES string of the molecule is Cc1nc(-c2nc3ncccn3c2-c2cnc[nH]2)n(COC(=O)OCCC(=O)OC(C)(C)C)n1. The van der Waals surface area contributed by atoms with Gasteiger partial charge < -0.3 is 19.2 Å². The molecule has 0 aliphatic rings. The second-order valence-corrected chi connectivity index (χ2v) is 8.25. The van der Waals surface area contributed by atoms with Gasteiger partial charge in [-0.25, -0.2) is 29.4 Å². The molecule has 4 aromatic rings. The molecule has 4 rings (SSSR count). The van der Waals surface area contributed by atoms with Crippen molar-refractivity contribution >= 4 is 17.9 Å². The molecule has 34 heavy (non-hydrogen) atoms. The molecular weight excluding hydrogens is 444 g/mol. The van der Waals surface area contributed by atoms with Crippen LogP contribution in [0.4, 0.5) is 4.79 Å². The lowest BCUT2D eigenvalue weighted by atomic mass is 10.2. The van der Waals surface area contributed by atoms with Crippen LogP contribution in [-0.4, -0.2) is 63.4 Å². The molecule has 4 aromatic heterocycles. The average molecular weight is 468 g/mol. The molecule has 178 valence electrons. The van der Waals surface area contributed by atoms with Crippen molar-refractivity contribution in [1.82, 2.24) is 39.1 Å². The van der Waals surface area contributed by atoms with Gasteiger partial charge in [0.25, 0.3) is 0 Å². The molecule has 0 unspecified atom stereocenters. The van der Waals surface area contributed by atoms with E-state index in [2.05, 4.69) is 30.0 Å². The van der Waals surface area contributed by atoms with E-state index in [9.17, 15) is 9.59 Å². The molecule has 0 aliphatic heterocycles. The molecule has 0 saturated carbocycles. The number of carbonyl (C=O) groups excluding carboxylic acids is 2. The van der Waals surface area contributed by atoms with Gasteiger partial charge in [-0.1, -0.05) is 0 Å². The van der Waals surface area contributed by atoms with E-state index < -0.39 is 17.7 Å². The first kappa shape index (κ1) is 22.9. The fourth-order valence-corrected chi connectivity index (χ4v) is 3.17. The van der Waals surface area contributed by atoms with E-state index >= 15 is 0 Å². The minimum absolute atomic E-state index is 0.0815. The Kier molecular flexibility index (Phi) is 6.25. The number of nitrogens with one attached hydrogen (secondary N) is 1. The molecule has 0 aliphatic carbocycles. The maximum atomic E-state index is 12.0. The Hall–Kier alpha value is -4.29. The highest BCUT2D eigenvalue weighted by atomic mass is 16.7. The maximum Gasteiger partial charge on any atom is 0.510 e. The predicted molar refractivity (Wildman–Crippen MR) is 117 cm³/mol. The Morgan fingerprint density at radius 3 is 2.74 bits per heavy atom. The maximum absolute atomic E-state index is 12.0. The van der Waals surface area contributed by atoms with Gasteiger partial charge in [-0.3, -0.25) is 9.20 Å². The van der Waals surface area contributed by atoms with Crippen molar-refractivity contribution in [1.29, 1.82) is 0 Å². The molecule has 0 saturated heterocycles. The van der Waals surface area contributed by atoms with Crippen LogP contribution in [0.15, 0.2) is 31.0 Å². The lowest BCUT2D eigenvalue weighted by molar-refractivity contribution is -0.155. The highest BCUT2D eigenvalue weighted by molar-refractivity contribution is 5.76. The number of aryl methyl sites for hydroxylation is 1. The molecule has 0 spiro atoms. The third-order valence-electron chi connectivity index (χ3n) is 4.40. The summed E-state index contributed by atoms with van der Waals surface area (Å²) in [5, 5.41) is 4.30. The molecule has 0 bridgehead atoms. The van der Waals surface area contributed by atoms with Crippen molar-refractivity contribution in [2.75, 3.05) is 6.61 Å². The van der Waals surface area contributed by atoms with Crippen LogP contribution in [0.2, 0.25) is 0 Å². The van der Waals surface area contributed by atoms with Gasteiger partial charge in [0.05, 0.1) is 24.6 Å². The van der Waals surface area contributed by atoms with Gasteiger partial charge in [-0.15, -0.1) is 0 Å². The summed E-state index contributed by atoms with van der Waals surface area (Å²) in [6, 6.07) is 1.78. The first-order valence-electron chi connectivity index (χ1n) is 10.5. The number of hydrogen-bond acceptors (Lipinski definition) is 10. The number of ether oxygens (including phenoxy) is 3. The van der Waals surface area contributed by atoms with Crippen molar-refractivity contribution < 1.29 is 23.8 Å². The van der Waals surface area contributed by atoms with Gasteiger partial charge in [-0.2, -0.15) is 5.10 Å². The average Bonchev–Trinajstić information content (AvgIpc) is 3.48. The summed E-state index contributed by atoms with van der Waals surface area (Å²) in [4.78, 5) is 44.3. The Balaban J connectivity index is 1.48. The summed E-state index contributed by atoms with van der Waals surface area (Å²) in [5.41, 5.74) is 1.24. The lowest BCUT2D eigenvalue weighted by Crippen LogP contribution is -2.25. The molecule has 0 radical (unpaired) electrons. The molecule has 0 fully saturated rings. The number of aromatic nitrogens is 8. The summed E-state index contributed by atoms with van der Waals surface area (Å²) in [7, 11) is 0. The van der Waals surface area contributed by atoms with E-state index in [1.54, 1.807) is 56.9 Å². The fraction of sp³-hybridized carbons (Fsp3) is 0.381. The number of nitrogens with zero attached hydrogens (tertiary/aromatic N) is 7. The smallest absolute Gasteiger partial charge is 0.460 e. The normalized spacial score (nSPS) is 11.5. The molecule has 0 aromatic carbocycles. The molecule has 0 amide bonds. The molecule has 13 heteroatoms. The standard InChI is InChI=1S/C21H24N8O5/c1-13-25-18(16-17(14-10-22-11-24-14)28-8-5-7-23-19(28)26-16)29(27-13)12-33-20(31)32-9-6-15(30)34-21(2,3)4/h5,7-8,10-11H,6,9,12H2,1-4H3,(H,22,24). The van der Waals surface area contributed by atoms with E-state index in [0.717, 1.165) is 0 Å². The highest BCUT2D eigenvalue weighted by Gasteiger charge is 2.23. The molecular formula is C21H24N8O5. The van der Waals surface area contributed by atoms with Crippen molar-refractivity contribution in [3.8, 4) is 22.9 Å². The number of aromatic amines is 1. The summed E-state index contributed by atoms with van der Waals surface area (Å²) in [6.45, 7) is 6.55. The van der Waals surface area contributed by atoms with Crippen molar-refractivity contribution in [2.24, 2.45) is 0 Å². The Morgan fingerprint density at radius 2 is 2.00 bits per heavy atom. The predicted octanol–water partition coefficient (Wildman–Crippen LogP) is 2.53. The molecule has 13 nitrogen and oxygen atoms in total. The summed E-state index contributed by atoms with van der Waals surface area (Å²) in [5.74, 6) is 0.810. The van der Waals surface area contributed by atoms with Crippen molar-refractivity contribution in [3.05, 3.63) is 36.8 Å². The van der Waals surface area contributed by atoms with Crippen molar-refractivity contribution in [2.45, 2.75) is 46.4 Å². The summed E-state index contributed by atoms with van der Waals surface area (Å²) in [6.07, 6.45) is 5.64. The summed E-state index contributed by atoms with van der Waals surface area (Å²) >= 11 is 0. The number of hydrogen-bond donors (Lipinski definition) is 1. The topological polar surface area (TPSA) is 151 Å². The van der Waals surface area contributed by atoms with Crippen LogP contribution in [-0.2, 0) is 25.7 Å². The van der Waals surface area contributed by atoms with E-state index in [4.69, 9.17) is 14.2 Å². The first-order valence-corrected chi connectivity index (χ1v) is 10.5. The van der Waals surface area contributed by atoms with E-state index in [0.29, 0.717) is 34.5 Å². The zero-order valence-electron chi connectivity index (χ0n) is 19.2. The second-order valence-electron chi connectivity index (χ2n) is 8.25. The Labute approximate surface area is 194 Å². The number of carbonyl (C=O) groups is 2. The minimum atomic E-state index is -0.951. The van der Waals surface area contributed by atoms with Gasteiger partial charge in [-0.05, 0) is 33.8 Å². The van der Waals surface area contributed by atoms with E-state index in [-0.39, 0.29) is 19.8 Å². The quantitative estimate of drug-likeness (QED) is 0.401.